The largest absolute Gasteiger partial charge is 0.337 e. The number of imidazole rings is 1. The van der Waals surface area contributed by atoms with E-state index in [1.165, 1.54) is 16.7 Å². The first-order valence-corrected chi connectivity index (χ1v) is 16.6. The van der Waals surface area contributed by atoms with E-state index in [-0.39, 0.29) is 17.6 Å². The number of aromatic nitrogens is 3. The van der Waals surface area contributed by atoms with Crippen molar-refractivity contribution in [1.82, 2.24) is 34.7 Å². The minimum Gasteiger partial charge on any atom is -0.337 e. The van der Waals surface area contributed by atoms with Crippen LogP contribution in [0.4, 0.5) is 4.79 Å². The molecule has 9 nitrogen and oxygen atoms in total. The Labute approximate surface area is 277 Å². The van der Waals surface area contributed by atoms with E-state index in [1.807, 2.05) is 79.8 Å². The summed E-state index contributed by atoms with van der Waals surface area (Å²) in [6, 6.07) is 20.6. The van der Waals surface area contributed by atoms with Crippen LogP contribution >= 0.6 is 11.6 Å². The third-order valence-corrected chi connectivity index (χ3v) is 8.81. The highest BCUT2D eigenvalue weighted by molar-refractivity contribution is 6.30. The normalized spacial score (nSPS) is 18.6. The van der Waals surface area contributed by atoms with Crippen LogP contribution in [0.3, 0.4) is 0 Å². The zero-order chi connectivity index (χ0) is 32.1. The molecule has 2 aromatic carbocycles. The lowest BCUT2D eigenvalue weighted by Gasteiger charge is -2.45. The predicted octanol–water partition coefficient (Wildman–Crippen LogP) is 6.10. The van der Waals surface area contributed by atoms with Crippen molar-refractivity contribution in [2.45, 2.75) is 70.9 Å². The highest BCUT2D eigenvalue weighted by Gasteiger charge is 2.39. The summed E-state index contributed by atoms with van der Waals surface area (Å²) in [5, 5.41) is 5.94. The van der Waals surface area contributed by atoms with Crippen LogP contribution in [-0.2, 0) is 30.8 Å². The lowest BCUT2D eigenvalue weighted by atomic mass is 9.96. The van der Waals surface area contributed by atoms with E-state index in [0.717, 1.165) is 42.1 Å². The van der Waals surface area contributed by atoms with Crippen LogP contribution in [0.1, 0.15) is 61.2 Å². The molecule has 3 heterocycles. The quantitative estimate of drug-likeness (QED) is 0.223. The Bertz CT molecular complexity index is 1590. The maximum absolute atomic E-state index is 13.8. The molecule has 242 valence electrons. The maximum atomic E-state index is 13.8. The Balaban J connectivity index is 1.31. The van der Waals surface area contributed by atoms with Crippen molar-refractivity contribution in [3.05, 3.63) is 119 Å². The molecule has 0 bridgehead atoms. The average molecular weight is 642 g/mol. The molecular weight excluding hydrogens is 598 g/mol. The fraction of sp³-hybridized carbons (Fsp3) is 0.417. The van der Waals surface area contributed by atoms with Gasteiger partial charge >= 0.3 is 6.03 Å². The Morgan fingerprint density at radius 3 is 2.65 bits per heavy atom. The third kappa shape index (κ3) is 7.96. The number of benzene rings is 2. The Morgan fingerprint density at radius 1 is 1.04 bits per heavy atom. The molecule has 4 aromatic rings. The lowest BCUT2D eigenvalue weighted by Crippen LogP contribution is -2.62. The van der Waals surface area contributed by atoms with Gasteiger partial charge < -0.3 is 9.88 Å². The van der Waals surface area contributed by atoms with Crippen LogP contribution in [0.5, 0.6) is 0 Å². The number of halogens is 1. The fourth-order valence-corrected chi connectivity index (χ4v) is 6.64. The first-order chi connectivity index (χ1) is 22.2. The highest BCUT2D eigenvalue weighted by atomic mass is 35.5. The molecule has 46 heavy (non-hydrogen) atoms. The van der Waals surface area contributed by atoms with E-state index in [1.54, 1.807) is 6.20 Å². The van der Waals surface area contributed by atoms with Crippen molar-refractivity contribution >= 4 is 17.6 Å². The van der Waals surface area contributed by atoms with Gasteiger partial charge in [0.05, 0.1) is 18.1 Å². The van der Waals surface area contributed by atoms with Crippen molar-refractivity contribution in [2.75, 3.05) is 26.2 Å². The SMILES string of the molecule is CC(C)(C)NC(=O)N1CCN([C@@H]2c3ccc(Cl)cc3CCc3cccnc32)C[C@@H]1ON(CCCn1ccnc1)Cc1ccccc1. The number of nitrogens with one attached hydrogen (secondary N) is 1. The zero-order valence-corrected chi connectivity index (χ0v) is 27.7. The number of amides is 2. The summed E-state index contributed by atoms with van der Waals surface area (Å²) in [5.74, 6) is 0. The number of hydroxylamine groups is 2. The van der Waals surface area contributed by atoms with Gasteiger partial charge in [-0.3, -0.25) is 19.6 Å². The topological polar surface area (TPSA) is 78.8 Å². The molecule has 0 unspecified atom stereocenters. The van der Waals surface area contributed by atoms with Gasteiger partial charge in [0.1, 0.15) is 0 Å². The molecule has 2 aromatic heterocycles. The molecule has 2 amide bonds. The second kappa shape index (κ2) is 14.3. The first-order valence-electron chi connectivity index (χ1n) is 16.2. The van der Waals surface area contributed by atoms with Crippen molar-refractivity contribution in [3.63, 3.8) is 0 Å². The predicted molar refractivity (Wildman–Crippen MR) is 180 cm³/mol. The van der Waals surface area contributed by atoms with Gasteiger partial charge in [-0.25, -0.2) is 9.78 Å². The number of fused-ring (bicyclic) bond motifs is 2. The van der Waals surface area contributed by atoms with Gasteiger partial charge in [-0.15, -0.1) is 0 Å². The first kappa shape index (κ1) is 32.2. The maximum Gasteiger partial charge on any atom is 0.319 e. The third-order valence-electron chi connectivity index (χ3n) is 8.58. The molecule has 2 aliphatic rings. The van der Waals surface area contributed by atoms with Crippen molar-refractivity contribution in [1.29, 1.82) is 0 Å². The summed E-state index contributed by atoms with van der Waals surface area (Å²) in [7, 11) is 0. The zero-order valence-electron chi connectivity index (χ0n) is 27.0. The van der Waals surface area contributed by atoms with Crippen LogP contribution in [0.25, 0.3) is 0 Å². The summed E-state index contributed by atoms with van der Waals surface area (Å²) in [5.41, 5.74) is 5.54. The average Bonchev–Trinajstić information content (AvgIpc) is 3.49. The Hall–Kier alpha value is -3.76. The smallest absolute Gasteiger partial charge is 0.319 e. The van der Waals surface area contributed by atoms with Gasteiger partial charge in [-0.1, -0.05) is 54.1 Å². The molecule has 1 N–H and O–H groups in total. The number of aryl methyl sites for hydroxylation is 3. The Morgan fingerprint density at radius 2 is 1.87 bits per heavy atom. The Kier molecular flexibility index (Phi) is 10.0. The van der Waals surface area contributed by atoms with E-state index >= 15 is 0 Å². The lowest BCUT2D eigenvalue weighted by molar-refractivity contribution is -0.250. The number of hydrogen-bond acceptors (Lipinski definition) is 6. The standard InChI is InChI=1S/C36H44ClN7O2/c1-36(2,3)40-35(45)44-22-21-42(34-31-15-14-30(37)23-29(31)13-12-28-11-7-16-39-33(28)34)25-32(44)46-43(24-27-9-5-4-6-10-27)19-8-18-41-20-17-38-26-41/h4-7,9-11,14-17,20,23,26,32,34H,8,12-13,18-19,21-22,24-25H2,1-3H3,(H,40,45)/t32-,34+/m0/s1. The minimum atomic E-state index is -0.515. The van der Waals surface area contributed by atoms with Gasteiger partial charge in [0.25, 0.3) is 0 Å². The van der Waals surface area contributed by atoms with Crippen molar-refractivity contribution in [3.8, 4) is 0 Å². The van der Waals surface area contributed by atoms with E-state index in [2.05, 4.69) is 50.1 Å². The molecule has 6 rings (SSSR count). The number of hydrogen-bond donors (Lipinski definition) is 1. The van der Waals surface area contributed by atoms with Crippen molar-refractivity contribution in [2.24, 2.45) is 0 Å². The molecule has 1 aliphatic carbocycles. The number of carbonyl (C=O) groups is 1. The molecular formula is C36H44ClN7O2. The van der Waals surface area contributed by atoms with Crippen LogP contribution in [-0.4, -0.2) is 73.4 Å². The molecule has 0 spiro atoms. The summed E-state index contributed by atoms with van der Waals surface area (Å²) < 4.78 is 2.08. The van der Waals surface area contributed by atoms with Gasteiger partial charge in [-0.2, -0.15) is 5.06 Å². The van der Waals surface area contributed by atoms with Crippen molar-refractivity contribution < 1.29 is 9.63 Å². The van der Waals surface area contributed by atoms with Crippen LogP contribution in [0.2, 0.25) is 5.02 Å². The number of rotatable bonds is 9. The number of carbonyl (C=O) groups excluding carboxylic acids is 1. The number of pyridine rings is 1. The molecule has 1 fully saturated rings. The fourth-order valence-electron chi connectivity index (χ4n) is 6.45. The minimum absolute atomic E-state index is 0.0753. The van der Waals surface area contributed by atoms with E-state index in [4.69, 9.17) is 21.4 Å². The molecule has 1 aliphatic heterocycles. The van der Waals surface area contributed by atoms with Gasteiger partial charge in [0.15, 0.2) is 6.23 Å². The molecule has 2 atom stereocenters. The number of piperazine rings is 1. The number of nitrogens with zero attached hydrogens (tertiary/aromatic N) is 6. The van der Waals surface area contributed by atoms with Crippen LogP contribution < -0.4 is 5.32 Å². The molecule has 10 heteroatoms. The summed E-state index contributed by atoms with van der Waals surface area (Å²) in [6.07, 6.45) is 9.65. The summed E-state index contributed by atoms with van der Waals surface area (Å²) in [6.45, 7) is 9.85. The van der Waals surface area contributed by atoms with Crippen LogP contribution in [0, 0.1) is 0 Å². The second-order valence-electron chi connectivity index (χ2n) is 13.2. The number of urea groups is 1. The van der Waals surface area contributed by atoms with Gasteiger partial charge in [0, 0.05) is 68.4 Å². The molecule has 1 saturated heterocycles. The monoisotopic (exact) mass is 641 g/mol. The van der Waals surface area contributed by atoms with Gasteiger partial charge in [-0.05, 0) is 80.5 Å². The van der Waals surface area contributed by atoms with E-state index < -0.39 is 6.23 Å². The van der Waals surface area contributed by atoms with E-state index in [9.17, 15) is 4.79 Å². The van der Waals surface area contributed by atoms with E-state index in [0.29, 0.717) is 32.7 Å². The molecule has 0 saturated carbocycles. The molecule has 0 radical (unpaired) electrons. The van der Waals surface area contributed by atoms with Crippen LogP contribution in [0.15, 0.2) is 85.6 Å². The second-order valence-corrected chi connectivity index (χ2v) is 13.7. The van der Waals surface area contributed by atoms with Gasteiger partial charge in [0.2, 0.25) is 0 Å². The highest BCUT2D eigenvalue weighted by Crippen LogP contribution is 2.38. The summed E-state index contributed by atoms with van der Waals surface area (Å²) >= 11 is 6.49. The summed E-state index contributed by atoms with van der Waals surface area (Å²) in [4.78, 5) is 34.1.